The molecular weight excluding hydrogens is 421 g/mol. The zero-order chi connectivity index (χ0) is 22.5. The van der Waals surface area contributed by atoms with Crippen LogP contribution < -0.4 is 4.74 Å². The maximum absolute atomic E-state index is 13.5. The molecule has 0 spiro atoms. The molecule has 1 N–H and O–H groups in total. The Balaban J connectivity index is 1.74. The Kier molecular flexibility index (Phi) is 4.85. The molecule has 0 unspecified atom stereocenters. The van der Waals surface area contributed by atoms with Crippen LogP contribution in [0.3, 0.4) is 0 Å². The third-order valence-corrected chi connectivity index (χ3v) is 5.64. The van der Waals surface area contributed by atoms with Crippen LogP contribution in [0.2, 0.25) is 0 Å². The molecule has 32 heavy (non-hydrogen) atoms. The molecule has 1 aliphatic carbocycles. The highest BCUT2D eigenvalue weighted by Crippen LogP contribution is 2.50. The summed E-state index contributed by atoms with van der Waals surface area (Å²) in [6.07, 6.45) is 1.52. The maximum Gasteiger partial charge on any atom is 0.257 e. The number of ether oxygens (including phenoxy) is 1. The molecule has 6 nitrogen and oxygen atoms in total. The molecule has 4 aromatic rings. The van der Waals surface area contributed by atoms with Crippen LogP contribution in [0.1, 0.15) is 18.4 Å². The van der Waals surface area contributed by atoms with Gasteiger partial charge in [-0.2, -0.15) is 5.10 Å². The highest BCUT2D eigenvalue weighted by atomic mass is 19.3. The van der Waals surface area contributed by atoms with E-state index in [0.717, 1.165) is 4.68 Å². The Hall–Kier alpha value is -3.46. The third kappa shape index (κ3) is 3.58. The molecule has 2 aromatic heterocycles. The summed E-state index contributed by atoms with van der Waals surface area (Å²) in [5, 5.41) is 15.7. The van der Waals surface area contributed by atoms with Gasteiger partial charge in [0.2, 0.25) is 0 Å². The molecule has 0 atom stereocenters. The first-order valence-electron chi connectivity index (χ1n) is 10.1. The SMILES string of the molecule is COc1cc2ncnc(-c3cn(CC(F)F)nc3-c3ccc(F)cc3)c2cc1C1(O)CC1. The standard InChI is InChI=1S/C23H19F3N4O2/c1-32-19-9-18-15(8-17(19)23(31)6-7-23)22(28-12-27-18)16-10-30(11-20(25)26)29-21(16)13-2-4-14(24)5-3-13/h2-5,8-10,12,20,31H,6-7,11H2,1H3. The molecule has 0 bridgehead atoms. The Morgan fingerprint density at radius 2 is 1.88 bits per heavy atom. The Morgan fingerprint density at radius 1 is 1.12 bits per heavy atom. The number of methoxy groups -OCH3 is 1. The summed E-state index contributed by atoms with van der Waals surface area (Å²) in [5.41, 5.74) is 2.18. The molecule has 9 heteroatoms. The average molecular weight is 440 g/mol. The number of hydrogen-bond acceptors (Lipinski definition) is 5. The molecule has 2 heterocycles. The quantitative estimate of drug-likeness (QED) is 0.476. The number of halogens is 3. The average Bonchev–Trinajstić information content (AvgIpc) is 3.40. The van der Waals surface area contributed by atoms with Gasteiger partial charge in [-0.05, 0) is 43.2 Å². The molecule has 0 saturated heterocycles. The number of fused-ring (bicyclic) bond motifs is 1. The van der Waals surface area contributed by atoms with Crippen molar-refractivity contribution in [3.63, 3.8) is 0 Å². The van der Waals surface area contributed by atoms with Gasteiger partial charge in [0.15, 0.2) is 0 Å². The molecule has 5 rings (SSSR count). The number of alkyl halides is 2. The van der Waals surface area contributed by atoms with Crippen LogP contribution in [0.25, 0.3) is 33.4 Å². The lowest BCUT2D eigenvalue weighted by atomic mass is 9.98. The number of aliphatic hydroxyl groups is 1. The lowest BCUT2D eigenvalue weighted by Crippen LogP contribution is -2.07. The fourth-order valence-corrected chi connectivity index (χ4v) is 3.87. The van der Waals surface area contributed by atoms with E-state index in [1.54, 1.807) is 24.3 Å². The van der Waals surface area contributed by atoms with Crippen molar-refractivity contribution in [1.29, 1.82) is 0 Å². The lowest BCUT2D eigenvalue weighted by Gasteiger charge is -2.15. The Labute approximate surface area is 181 Å². The van der Waals surface area contributed by atoms with Gasteiger partial charge in [0.05, 0.1) is 23.9 Å². The van der Waals surface area contributed by atoms with Gasteiger partial charge in [-0.3, -0.25) is 4.68 Å². The molecule has 0 radical (unpaired) electrons. The van der Waals surface area contributed by atoms with E-state index in [0.29, 0.717) is 57.6 Å². The molecule has 1 aliphatic rings. The third-order valence-electron chi connectivity index (χ3n) is 5.64. The largest absolute Gasteiger partial charge is 0.496 e. The molecular formula is C23H19F3N4O2. The summed E-state index contributed by atoms with van der Waals surface area (Å²) in [5.74, 6) is 0.110. The van der Waals surface area contributed by atoms with E-state index < -0.39 is 24.4 Å². The van der Waals surface area contributed by atoms with Crippen LogP contribution in [0.4, 0.5) is 13.2 Å². The summed E-state index contributed by atoms with van der Waals surface area (Å²) >= 11 is 0. The normalized spacial score (nSPS) is 14.8. The van der Waals surface area contributed by atoms with Gasteiger partial charge in [0.1, 0.15) is 30.1 Å². The van der Waals surface area contributed by atoms with Crippen LogP contribution in [0, 0.1) is 5.82 Å². The lowest BCUT2D eigenvalue weighted by molar-refractivity contribution is 0.122. The summed E-state index contributed by atoms with van der Waals surface area (Å²) in [6, 6.07) is 9.17. The number of nitrogens with zero attached hydrogens (tertiary/aromatic N) is 4. The molecule has 164 valence electrons. The first-order valence-corrected chi connectivity index (χ1v) is 10.1. The van der Waals surface area contributed by atoms with Gasteiger partial charge >= 0.3 is 0 Å². The van der Waals surface area contributed by atoms with Crippen molar-refractivity contribution < 1.29 is 23.0 Å². The van der Waals surface area contributed by atoms with Crippen molar-refractivity contribution >= 4 is 10.9 Å². The maximum atomic E-state index is 13.5. The minimum atomic E-state index is -2.59. The monoisotopic (exact) mass is 440 g/mol. The second-order valence-electron chi connectivity index (χ2n) is 7.83. The van der Waals surface area contributed by atoms with Crippen molar-refractivity contribution in [3.05, 3.63) is 60.3 Å². The minimum Gasteiger partial charge on any atom is -0.496 e. The van der Waals surface area contributed by atoms with Crippen LogP contribution >= 0.6 is 0 Å². The van der Waals surface area contributed by atoms with Gasteiger partial charge in [-0.25, -0.2) is 23.1 Å². The second-order valence-corrected chi connectivity index (χ2v) is 7.83. The predicted octanol–water partition coefficient (Wildman–Crippen LogP) is 4.55. The number of rotatable bonds is 6. The van der Waals surface area contributed by atoms with Crippen molar-refractivity contribution in [3.8, 4) is 28.3 Å². The van der Waals surface area contributed by atoms with E-state index in [2.05, 4.69) is 15.1 Å². The van der Waals surface area contributed by atoms with E-state index >= 15 is 0 Å². The predicted molar refractivity (Wildman–Crippen MR) is 112 cm³/mol. The summed E-state index contributed by atoms with van der Waals surface area (Å²) in [6.45, 7) is -0.587. The number of hydrogen-bond donors (Lipinski definition) is 1. The van der Waals surface area contributed by atoms with Crippen molar-refractivity contribution in [2.24, 2.45) is 0 Å². The van der Waals surface area contributed by atoms with Crippen LogP contribution in [0.5, 0.6) is 5.75 Å². The van der Waals surface area contributed by atoms with Crippen molar-refractivity contribution in [1.82, 2.24) is 19.7 Å². The zero-order valence-electron chi connectivity index (χ0n) is 17.1. The van der Waals surface area contributed by atoms with Crippen LogP contribution in [-0.4, -0.2) is 38.4 Å². The highest BCUT2D eigenvalue weighted by Gasteiger charge is 2.44. The fourth-order valence-electron chi connectivity index (χ4n) is 3.87. The van der Waals surface area contributed by atoms with Crippen molar-refractivity contribution in [2.75, 3.05) is 7.11 Å². The van der Waals surface area contributed by atoms with E-state index in [-0.39, 0.29) is 0 Å². The van der Waals surface area contributed by atoms with Gasteiger partial charge in [-0.1, -0.05) is 0 Å². The summed E-state index contributed by atoms with van der Waals surface area (Å²) in [4.78, 5) is 8.74. The van der Waals surface area contributed by atoms with E-state index in [9.17, 15) is 18.3 Å². The van der Waals surface area contributed by atoms with E-state index in [4.69, 9.17) is 4.74 Å². The Morgan fingerprint density at radius 3 is 2.53 bits per heavy atom. The van der Waals surface area contributed by atoms with Crippen LogP contribution in [0.15, 0.2) is 48.9 Å². The summed E-state index contributed by atoms with van der Waals surface area (Å²) < 4.78 is 46.2. The zero-order valence-corrected chi connectivity index (χ0v) is 17.1. The molecule has 2 aromatic carbocycles. The van der Waals surface area contributed by atoms with E-state index in [1.807, 2.05) is 0 Å². The van der Waals surface area contributed by atoms with Gasteiger partial charge in [-0.15, -0.1) is 0 Å². The second kappa shape index (κ2) is 7.59. The molecule has 1 saturated carbocycles. The van der Waals surface area contributed by atoms with E-state index in [1.165, 1.54) is 31.8 Å². The van der Waals surface area contributed by atoms with Gasteiger partial charge < -0.3 is 9.84 Å². The van der Waals surface area contributed by atoms with Gasteiger partial charge in [0.25, 0.3) is 6.43 Å². The molecule has 1 fully saturated rings. The highest BCUT2D eigenvalue weighted by molar-refractivity contribution is 5.97. The van der Waals surface area contributed by atoms with Gasteiger partial charge in [0, 0.05) is 34.3 Å². The first kappa shape index (κ1) is 20.4. The first-order chi connectivity index (χ1) is 15.4. The number of benzene rings is 2. The topological polar surface area (TPSA) is 73.1 Å². The Bertz CT molecular complexity index is 1300. The smallest absolute Gasteiger partial charge is 0.257 e. The van der Waals surface area contributed by atoms with Crippen molar-refractivity contribution in [2.45, 2.75) is 31.4 Å². The van der Waals surface area contributed by atoms with Crippen LogP contribution in [-0.2, 0) is 12.1 Å². The molecule has 0 amide bonds. The molecule has 0 aliphatic heterocycles. The summed E-state index contributed by atoms with van der Waals surface area (Å²) in [7, 11) is 1.53. The number of aromatic nitrogens is 4. The fraction of sp³-hybridized carbons (Fsp3) is 0.261. The minimum absolute atomic E-state index is 0.396.